The van der Waals surface area contributed by atoms with E-state index in [1.807, 2.05) is 35.8 Å². The highest BCUT2D eigenvalue weighted by Crippen LogP contribution is 2.37. The molecule has 1 aromatic carbocycles. The minimum Gasteiger partial charge on any atom is -0.319 e. The number of thiazole rings is 1. The van der Waals surface area contributed by atoms with Gasteiger partial charge in [0.15, 0.2) is 0 Å². The summed E-state index contributed by atoms with van der Waals surface area (Å²) in [6.07, 6.45) is 5.96. The van der Waals surface area contributed by atoms with Gasteiger partial charge in [-0.05, 0) is 31.0 Å². The smallest absolute Gasteiger partial charge is 0.148 e. The second-order valence-corrected chi connectivity index (χ2v) is 7.46. The SMILES string of the molecule is NC1(c2nccc(-c3scnc3-c3cccc(Cl)c3)n2)CCCC1. The van der Waals surface area contributed by atoms with E-state index in [-0.39, 0.29) is 0 Å². The molecule has 122 valence electrons. The maximum atomic E-state index is 6.52. The molecule has 0 saturated heterocycles. The van der Waals surface area contributed by atoms with Gasteiger partial charge in [-0.25, -0.2) is 15.0 Å². The molecule has 2 aromatic heterocycles. The molecule has 2 heterocycles. The van der Waals surface area contributed by atoms with Gasteiger partial charge in [-0.2, -0.15) is 0 Å². The molecule has 0 radical (unpaired) electrons. The van der Waals surface area contributed by atoms with Crippen LogP contribution in [0.3, 0.4) is 0 Å². The number of rotatable bonds is 3. The van der Waals surface area contributed by atoms with Crippen molar-refractivity contribution in [2.45, 2.75) is 31.2 Å². The van der Waals surface area contributed by atoms with Crippen LogP contribution in [0.5, 0.6) is 0 Å². The molecule has 0 amide bonds. The normalized spacial score (nSPS) is 16.4. The van der Waals surface area contributed by atoms with Gasteiger partial charge < -0.3 is 5.73 Å². The summed E-state index contributed by atoms with van der Waals surface area (Å²) < 4.78 is 0. The van der Waals surface area contributed by atoms with Crippen LogP contribution in [0.4, 0.5) is 0 Å². The molecule has 24 heavy (non-hydrogen) atoms. The Morgan fingerprint density at radius 2 is 1.96 bits per heavy atom. The largest absolute Gasteiger partial charge is 0.319 e. The maximum absolute atomic E-state index is 6.52. The van der Waals surface area contributed by atoms with E-state index in [2.05, 4.69) is 9.97 Å². The van der Waals surface area contributed by atoms with E-state index >= 15 is 0 Å². The van der Waals surface area contributed by atoms with E-state index in [0.29, 0.717) is 5.02 Å². The fourth-order valence-electron chi connectivity index (χ4n) is 3.22. The number of nitrogens with zero attached hydrogens (tertiary/aromatic N) is 3. The Kier molecular flexibility index (Phi) is 4.08. The molecule has 0 spiro atoms. The maximum Gasteiger partial charge on any atom is 0.148 e. The van der Waals surface area contributed by atoms with E-state index in [4.69, 9.17) is 22.3 Å². The van der Waals surface area contributed by atoms with Crippen LogP contribution in [-0.4, -0.2) is 15.0 Å². The topological polar surface area (TPSA) is 64.7 Å². The van der Waals surface area contributed by atoms with Crippen LogP contribution in [0, 0.1) is 0 Å². The molecule has 2 N–H and O–H groups in total. The quantitative estimate of drug-likeness (QED) is 0.741. The third-order valence-electron chi connectivity index (χ3n) is 4.49. The summed E-state index contributed by atoms with van der Waals surface area (Å²) in [4.78, 5) is 14.8. The molecule has 0 aliphatic heterocycles. The summed E-state index contributed by atoms with van der Waals surface area (Å²) in [7, 11) is 0. The van der Waals surface area contributed by atoms with Gasteiger partial charge in [0.05, 0.1) is 27.3 Å². The minimum absolute atomic E-state index is 0.392. The first-order valence-corrected chi connectivity index (χ1v) is 9.24. The number of aromatic nitrogens is 3. The van der Waals surface area contributed by atoms with Gasteiger partial charge in [0.25, 0.3) is 0 Å². The number of hydrogen-bond acceptors (Lipinski definition) is 5. The van der Waals surface area contributed by atoms with Crippen LogP contribution < -0.4 is 5.73 Å². The van der Waals surface area contributed by atoms with Crippen molar-refractivity contribution in [1.29, 1.82) is 0 Å². The van der Waals surface area contributed by atoms with Crippen molar-refractivity contribution < 1.29 is 0 Å². The van der Waals surface area contributed by atoms with E-state index in [9.17, 15) is 0 Å². The Bertz CT molecular complexity index is 871. The monoisotopic (exact) mass is 356 g/mol. The van der Waals surface area contributed by atoms with Gasteiger partial charge in [-0.3, -0.25) is 0 Å². The van der Waals surface area contributed by atoms with Crippen molar-refractivity contribution in [3.8, 4) is 21.8 Å². The fourth-order valence-corrected chi connectivity index (χ4v) is 4.19. The van der Waals surface area contributed by atoms with E-state index < -0.39 is 5.54 Å². The van der Waals surface area contributed by atoms with Gasteiger partial charge >= 0.3 is 0 Å². The molecule has 0 atom stereocenters. The first kappa shape index (κ1) is 15.7. The van der Waals surface area contributed by atoms with Crippen molar-refractivity contribution >= 4 is 22.9 Å². The van der Waals surface area contributed by atoms with Crippen molar-refractivity contribution in [1.82, 2.24) is 15.0 Å². The summed E-state index contributed by atoms with van der Waals surface area (Å²) in [5.41, 5.74) is 10.7. The highest BCUT2D eigenvalue weighted by atomic mass is 35.5. The van der Waals surface area contributed by atoms with Gasteiger partial charge in [0.1, 0.15) is 5.82 Å². The number of benzene rings is 1. The van der Waals surface area contributed by atoms with Gasteiger partial charge in [0, 0.05) is 16.8 Å². The molecule has 4 nitrogen and oxygen atoms in total. The Morgan fingerprint density at radius 1 is 1.12 bits per heavy atom. The standard InChI is InChI=1S/C18H17ClN4S/c19-13-5-3-4-12(10-13)15-16(24-11-22-15)14-6-9-21-17(23-14)18(20)7-1-2-8-18/h3-6,9-11H,1-2,7-8,20H2. The van der Waals surface area contributed by atoms with Gasteiger partial charge in [0.2, 0.25) is 0 Å². The first-order chi connectivity index (χ1) is 11.7. The molecular formula is C18H17ClN4S. The van der Waals surface area contributed by atoms with Crippen LogP contribution in [0.25, 0.3) is 21.8 Å². The number of hydrogen-bond donors (Lipinski definition) is 1. The predicted molar refractivity (Wildman–Crippen MR) is 97.9 cm³/mol. The molecule has 4 rings (SSSR count). The summed E-state index contributed by atoms with van der Waals surface area (Å²) in [5, 5.41) is 0.696. The second-order valence-electron chi connectivity index (χ2n) is 6.17. The molecule has 0 unspecified atom stereocenters. The Balaban J connectivity index is 1.77. The Morgan fingerprint density at radius 3 is 2.75 bits per heavy atom. The van der Waals surface area contributed by atoms with E-state index in [1.54, 1.807) is 17.5 Å². The lowest BCUT2D eigenvalue weighted by atomic mass is 9.98. The summed E-state index contributed by atoms with van der Waals surface area (Å²) in [6.45, 7) is 0. The van der Waals surface area contributed by atoms with Crippen LogP contribution in [0.1, 0.15) is 31.5 Å². The third-order valence-corrected chi connectivity index (χ3v) is 5.58. The molecule has 3 aromatic rings. The highest BCUT2D eigenvalue weighted by molar-refractivity contribution is 7.13. The van der Waals surface area contributed by atoms with Crippen molar-refractivity contribution in [3.63, 3.8) is 0 Å². The molecule has 6 heteroatoms. The zero-order valence-corrected chi connectivity index (χ0v) is 14.6. The van der Waals surface area contributed by atoms with Gasteiger partial charge in [-0.1, -0.05) is 36.6 Å². The zero-order valence-electron chi connectivity index (χ0n) is 13.1. The Hall–Kier alpha value is -1.82. The Labute approximate surface area is 149 Å². The zero-order chi connectivity index (χ0) is 16.6. The lowest BCUT2D eigenvalue weighted by Crippen LogP contribution is -2.35. The number of halogens is 1. The molecular weight excluding hydrogens is 340 g/mol. The van der Waals surface area contributed by atoms with Crippen molar-refractivity contribution in [2.75, 3.05) is 0 Å². The molecule has 1 aliphatic carbocycles. The third kappa shape index (κ3) is 2.83. The molecule has 1 saturated carbocycles. The van der Waals surface area contributed by atoms with Crippen molar-refractivity contribution in [3.05, 3.63) is 52.9 Å². The number of nitrogens with two attached hydrogens (primary N) is 1. The lowest BCUT2D eigenvalue weighted by molar-refractivity contribution is 0.432. The average molecular weight is 357 g/mol. The fraction of sp³-hybridized carbons (Fsp3) is 0.278. The summed E-state index contributed by atoms with van der Waals surface area (Å²) in [5.74, 6) is 0.739. The molecule has 0 bridgehead atoms. The highest BCUT2D eigenvalue weighted by Gasteiger charge is 2.34. The lowest BCUT2D eigenvalue weighted by Gasteiger charge is -2.21. The molecule has 1 aliphatic rings. The van der Waals surface area contributed by atoms with Crippen molar-refractivity contribution in [2.24, 2.45) is 5.73 Å². The van der Waals surface area contributed by atoms with E-state index in [1.165, 1.54) is 0 Å². The van der Waals surface area contributed by atoms with Crippen LogP contribution in [-0.2, 0) is 5.54 Å². The van der Waals surface area contributed by atoms with Crippen LogP contribution >= 0.6 is 22.9 Å². The van der Waals surface area contributed by atoms with Crippen LogP contribution in [0.2, 0.25) is 5.02 Å². The second kappa shape index (κ2) is 6.24. The van der Waals surface area contributed by atoms with Crippen LogP contribution in [0.15, 0.2) is 42.0 Å². The summed E-state index contributed by atoms with van der Waals surface area (Å²) >= 11 is 7.69. The van der Waals surface area contributed by atoms with Gasteiger partial charge in [-0.15, -0.1) is 11.3 Å². The molecule has 1 fully saturated rings. The first-order valence-electron chi connectivity index (χ1n) is 7.98. The predicted octanol–water partition coefficient (Wildman–Crippen LogP) is 4.65. The average Bonchev–Trinajstić information content (AvgIpc) is 3.25. The minimum atomic E-state index is -0.392. The van der Waals surface area contributed by atoms with E-state index in [0.717, 1.165) is 53.3 Å². The summed E-state index contributed by atoms with van der Waals surface area (Å²) in [6, 6.07) is 9.64.